The highest BCUT2D eigenvalue weighted by Gasteiger charge is 2.37. The molecule has 1 aliphatic rings. The third kappa shape index (κ3) is 3.35. The van der Waals surface area contributed by atoms with E-state index in [9.17, 15) is 9.59 Å². The Morgan fingerprint density at radius 2 is 1.90 bits per heavy atom. The van der Waals surface area contributed by atoms with E-state index >= 15 is 0 Å². The van der Waals surface area contributed by atoms with Crippen molar-refractivity contribution in [2.75, 3.05) is 18.0 Å². The maximum Gasteiger partial charge on any atom is 0.299 e. The van der Waals surface area contributed by atoms with Crippen molar-refractivity contribution in [1.29, 1.82) is 0 Å². The van der Waals surface area contributed by atoms with E-state index in [-0.39, 0.29) is 5.92 Å². The van der Waals surface area contributed by atoms with Gasteiger partial charge < -0.3 is 10.2 Å². The minimum Gasteiger partial charge on any atom is -0.314 e. The number of nitrogens with one attached hydrogen (secondary N) is 1. The van der Waals surface area contributed by atoms with Gasteiger partial charge in [0.1, 0.15) is 0 Å². The molecule has 114 valence electrons. The van der Waals surface area contributed by atoms with Gasteiger partial charge >= 0.3 is 0 Å². The maximum absolute atomic E-state index is 12.2. The predicted molar refractivity (Wildman–Crippen MR) is 87.9 cm³/mol. The van der Waals surface area contributed by atoms with Gasteiger partial charge in [-0.15, -0.1) is 0 Å². The van der Waals surface area contributed by atoms with Crippen LogP contribution in [0.4, 0.5) is 5.69 Å². The molecule has 0 saturated heterocycles. The summed E-state index contributed by atoms with van der Waals surface area (Å²) in [6.07, 6.45) is 0. The first-order valence-electron chi connectivity index (χ1n) is 7.21. The third-order valence-corrected chi connectivity index (χ3v) is 4.05. The molecule has 2 rings (SSSR count). The van der Waals surface area contributed by atoms with E-state index < -0.39 is 11.7 Å². The monoisotopic (exact) mass is 352 g/mol. The number of benzene rings is 1. The van der Waals surface area contributed by atoms with Crippen molar-refractivity contribution in [2.24, 2.45) is 5.92 Å². The average molecular weight is 353 g/mol. The van der Waals surface area contributed by atoms with Crippen LogP contribution in [0.3, 0.4) is 0 Å². The second-order valence-corrected chi connectivity index (χ2v) is 6.95. The van der Waals surface area contributed by atoms with E-state index in [0.29, 0.717) is 18.2 Å². The lowest BCUT2D eigenvalue weighted by atomic mass is 10.1. The lowest BCUT2D eigenvalue weighted by Gasteiger charge is -2.23. The molecular formula is C16H21BrN2O2. The summed E-state index contributed by atoms with van der Waals surface area (Å²) in [6, 6.07) is 4.09. The molecule has 1 atom stereocenters. The molecule has 5 heteroatoms. The number of Topliss-reactive ketones (excluding diaryl/α,β-unsaturated/α-hetero) is 1. The van der Waals surface area contributed by atoms with Gasteiger partial charge in [0.25, 0.3) is 11.7 Å². The largest absolute Gasteiger partial charge is 0.314 e. The molecule has 1 heterocycles. The van der Waals surface area contributed by atoms with Crippen molar-refractivity contribution in [2.45, 2.75) is 33.7 Å². The Kier molecular flexibility index (Phi) is 4.84. The van der Waals surface area contributed by atoms with Crippen molar-refractivity contribution in [3.05, 3.63) is 27.7 Å². The summed E-state index contributed by atoms with van der Waals surface area (Å²) in [7, 11) is 0. The molecule has 1 aromatic rings. The number of carbonyl (C=O) groups is 2. The first-order chi connectivity index (χ1) is 9.81. The fourth-order valence-electron chi connectivity index (χ4n) is 2.59. The van der Waals surface area contributed by atoms with E-state index in [1.165, 1.54) is 0 Å². The Morgan fingerprint density at radius 3 is 2.52 bits per heavy atom. The summed E-state index contributed by atoms with van der Waals surface area (Å²) in [6.45, 7) is 9.57. The van der Waals surface area contributed by atoms with Crippen molar-refractivity contribution in [1.82, 2.24) is 5.32 Å². The fourth-order valence-corrected chi connectivity index (χ4v) is 3.17. The Labute approximate surface area is 134 Å². The Morgan fingerprint density at radius 1 is 1.24 bits per heavy atom. The van der Waals surface area contributed by atoms with E-state index in [0.717, 1.165) is 22.3 Å². The van der Waals surface area contributed by atoms with Crippen LogP contribution in [-0.4, -0.2) is 30.8 Å². The second kappa shape index (κ2) is 6.28. The number of hydrogen-bond acceptors (Lipinski definition) is 3. The van der Waals surface area contributed by atoms with Crippen LogP contribution in [0.1, 0.15) is 36.7 Å². The molecule has 1 N–H and O–H groups in total. The van der Waals surface area contributed by atoms with Crippen LogP contribution in [0.25, 0.3) is 0 Å². The van der Waals surface area contributed by atoms with Crippen LogP contribution in [0.15, 0.2) is 16.6 Å². The van der Waals surface area contributed by atoms with Gasteiger partial charge in [0, 0.05) is 17.1 Å². The third-order valence-electron chi connectivity index (χ3n) is 3.59. The molecule has 0 fully saturated rings. The summed E-state index contributed by atoms with van der Waals surface area (Å²) < 4.78 is 0.830. The summed E-state index contributed by atoms with van der Waals surface area (Å²) in [5, 5.41) is 3.36. The SMILES string of the molecule is Cc1cc(Br)cc2c1N(CC(C)CNC(C)C)C(=O)C2=O. The summed E-state index contributed by atoms with van der Waals surface area (Å²) in [5.41, 5.74) is 2.23. The minimum atomic E-state index is -0.414. The van der Waals surface area contributed by atoms with Gasteiger partial charge in [-0.2, -0.15) is 0 Å². The topological polar surface area (TPSA) is 49.4 Å². The van der Waals surface area contributed by atoms with E-state index in [1.54, 1.807) is 11.0 Å². The summed E-state index contributed by atoms with van der Waals surface area (Å²) in [4.78, 5) is 26.0. The van der Waals surface area contributed by atoms with Gasteiger partial charge in [-0.1, -0.05) is 36.7 Å². The number of rotatable bonds is 5. The summed E-state index contributed by atoms with van der Waals surface area (Å²) in [5.74, 6) is -0.542. The molecule has 0 aliphatic carbocycles. The van der Waals surface area contributed by atoms with Crippen molar-refractivity contribution in [3.8, 4) is 0 Å². The fraction of sp³-hybridized carbons (Fsp3) is 0.500. The van der Waals surface area contributed by atoms with Crippen LogP contribution in [0.2, 0.25) is 0 Å². The molecule has 4 nitrogen and oxygen atoms in total. The van der Waals surface area contributed by atoms with E-state index in [4.69, 9.17) is 0 Å². The number of carbonyl (C=O) groups excluding carboxylic acids is 2. The van der Waals surface area contributed by atoms with Crippen molar-refractivity contribution in [3.63, 3.8) is 0 Å². The number of fused-ring (bicyclic) bond motifs is 1. The predicted octanol–water partition coefficient (Wildman–Crippen LogP) is 2.92. The zero-order chi connectivity index (χ0) is 15.7. The quantitative estimate of drug-likeness (QED) is 0.828. The minimum absolute atomic E-state index is 0.276. The molecule has 0 bridgehead atoms. The number of halogens is 1. The Hall–Kier alpha value is -1.20. The van der Waals surface area contributed by atoms with Crippen molar-refractivity contribution < 1.29 is 9.59 Å². The molecule has 1 aliphatic heterocycles. The normalized spacial score (nSPS) is 15.8. The number of nitrogens with zero attached hydrogens (tertiary/aromatic N) is 1. The standard InChI is InChI=1S/C16H21BrN2O2/c1-9(2)18-7-10(3)8-19-14-11(4)5-12(17)6-13(14)15(20)16(19)21/h5-6,9-10,18H,7-8H2,1-4H3. The molecule has 1 aromatic carbocycles. The number of aryl methyl sites for hydroxylation is 1. The van der Waals surface area contributed by atoms with Crippen LogP contribution < -0.4 is 10.2 Å². The van der Waals surface area contributed by atoms with Crippen LogP contribution in [0, 0.1) is 12.8 Å². The lowest BCUT2D eigenvalue weighted by Crippen LogP contribution is -2.38. The van der Waals surface area contributed by atoms with Gasteiger partial charge in [0.2, 0.25) is 0 Å². The van der Waals surface area contributed by atoms with Crippen LogP contribution in [-0.2, 0) is 4.79 Å². The molecular weight excluding hydrogens is 332 g/mol. The van der Waals surface area contributed by atoms with E-state index in [1.807, 2.05) is 13.0 Å². The highest BCUT2D eigenvalue weighted by Crippen LogP contribution is 2.35. The first kappa shape index (κ1) is 16.2. The molecule has 0 radical (unpaired) electrons. The highest BCUT2D eigenvalue weighted by atomic mass is 79.9. The molecule has 0 saturated carbocycles. The van der Waals surface area contributed by atoms with Gasteiger partial charge in [-0.05, 0) is 37.1 Å². The Bertz CT molecular complexity index is 584. The average Bonchev–Trinajstić information content (AvgIpc) is 2.62. The molecule has 21 heavy (non-hydrogen) atoms. The molecule has 0 spiro atoms. The lowest BCUT2D eigenvalue weighted by molar-refractivity contribution is -0.114. The highest BCUT2D eigenvalue weighted by molar-refractivity contribution is 9.10. The van der Waals surface area contributed by atoms with Gasteiger partial charge in [0.15, 0.2) is 0 Å². The maximum atomic E-state index is 12.2. The van der Waals surface area contributed by atoms with Crippen LogP contribution in [0.5, 0.6) is 0 Å². The van der Waals surface area contributed by atoms with Crippen molar-refractivity contribution >= 4 is 33.3 Å². The Balaban J connectivity index is 2.23. The number of hydrogen-bond donors (Lipinski definition) is 1. The zero-order valence-corrected chi connectivity index (χ0v) is 14.5. The zero-order valence-electron chi connectivity index (χ0n) is 12.9. The molecule has 0 aromatic heterocycles. The second-order valence-electron chi connectivity index (χ2n) is 6.03. The first-order valence-corrected chi connectivity index (χ1v) is 8.00. The molecule has 1 unspecified atom stereocenters. The van der Waals surface area contributed by atoms with Crippen LogP contribution >= 0.6 is 15.9 Å². The van der Waals surface area contributed by atoms with Gasteiger partial charge in [-0.3, -0.25) is 9.59 Å². The van der Waals surface area contributed by atoms with Gasteiger partial charge in [-0.25, -0.2) is 0 Å². The number of anilines is 1. The summed E-state index contributed by atoms with van der Waals surface area (Å²) >= 11 is 3.38. The number of amides is 1. The smallest absolute Gasteiger partial charge is 0.299 e. The molecule has 1 amide bonds. The number of ketones is 1. The van der Waals surface area contributed by atoms with E-state index in [2.05, 4.69) is 42.0 Å². The van der Waals surface area contributed by atoms with Gasteiger partial charge in [0.05, 0.1) is 11.3 Å².